The predicted molar refractivity (Wildman–Crippen MR) is 109 cm³/mol. The van der Waals surface area contributed by atoms with Gasteiger partial charge in [0.25, 0.3) is 0 Å². The summed E-state index contributed by atoms with van der Waals surface area (Å²) in [6.45, 7) is 7.23. The fraction of sp³-hybridized carbons (Fsp3) is 0.526. The van der Waals surface area contributed by atoms with Crippen molar-refractivity contribution in [2.75, 3.05) is 6.54 Å². The lowest BCUT2D eigenvalue weighted by atomic mass is 10.1. The number of hydrogen-bond acceptors (Lipinski definition) is 5. The Hall–Kier alpha value is -1.88. The third kappa shape index (κ3) is 4.97. The number of benzene rings is 1. The highest BCUT2D eigenvalue weighted by Crippen LogP contribution is 2.41. The van der Waals surface area contributed by atoms with E-state index >= 15 is 0 Å². The first kappa shape index (κ1) is 23.8. The topological polar surface area (TPSA) is 64.6 Å². The summed E-state index contributed by atoms with van der Waals surface area (Å²) in [7, 11) is 0. The van der Waals surface area contributed by atoms with Crippen molar-refractivity contribution in [1.29, 1.82) is 0 Å². The molecule has 0 radical (unpaired) electrons. The number of hydrogen-bond donors (Lipinski definition) is 0. The zero-order chi connectivity index (χ0) is 23.3. The number of rotatable bonds is 2. The molecule has 1 aliphatic heterocycles. The van der Waals surface area contributed by atoms with Crippen molar-refractivity contribution in [3.05, 3.63) is 27.2 Å². The van der Waals surface area contributed by atoms with E-state index in [1.54, 1.807) is 27.7 Å². The third-order valence-electron chi connectivity index (χ3n) is 4.69. The minimum atomic E-state index is -4.82. The normalized spacial score (nSPS) is 19.7. The molecule has 2 heterocycles. The van der Waals surface area contributed by atoms with E-state index in [1.807, 2.05) is 0 Å². The molecule has 0 aliphatic carbocycles. The van der Waals surface area contributed by atoms with Gasteiger partial charge in [0.05, 0.1) is 21.5 Å². The van der Waals surface area contributed by atoms with Crippen LogP contribution in [-0.4, -0.2) is 45.3 Å². The van der Waals surface area contributed by atoms with Crippen LogP contribution in [0.1, 0.15) is 39.7 Å². The maximum Gasteiger partial charge on any atom is 0.417 e. The summed E-state index contributed by atoms with van der Waals surface area (Å²) in [4.78, 5) is 21.4. The van der Waals surface area contributed by atoms with Crippen molar-refractivity contribution in [2.24, 2.45) is 0 Å². The van der Waals surface area contributed by atoms with Crippen LogP contribution in [0.4, 0.5) is 22.4 Å². The molecule has 0 spiro atoms. The molecule has 2 aromatic rings. The van der Waals surface area contributed by atoms with Gasteiger partial charge in [-0.1, -0.05) is 0 Å². The summed E-state index contributed by atoms with van der Waals surface area (Å²) < 4.78 is 65.1. The van der Waals surface area contributed by atoms with Gasteiger partial charge < -0.3 is 14.4 Å². The molecule has 1 saturated heterocycles. The average Bonchev–Trinajstić information content (AvgIpc) is 2.96. The minimum absolute atomic E-state index is 0.277. The first-order chi connectivity index (χ1) is 14.2. The standard InChI is InChI=1S/C19H19BrClF4N3O3/c1-8-11(5-6-28(8)17(29)31-18(2,3)4)30-15-9-7-10(19(23,24)25)12(20)13(22)14(9)26-16(21)27-15/h7-8,11H,5-6H2,1-4H3/t8-,11-/m0/s1. The molecule has 6 nitrogen and oxygen atoms in total. The molecule has 31 heavy (non-hydrogen) atoms. The second-order valence-electron chi connectivity index (χ2n) is 8.10. The Kier molecular flexibility index (Phi) is 6.31. The fourth-order valence-electron chi connectivity index (χ4n) is 3.24. The lowest BCUT2D eigenvalue weighted by Crippen LogP contribution is -2.42. The minimum Gasteiger partial charge on any atom is -0.472 e. The van der Waals surface area contributed by atoms with Gasteiger partial charge in [-0.05, 0) is 61.3 Å². The van der Waals surface area contributed by atoms with Gasteiger partial charge in [-0.25, -0.2) is 14.2 Å². The van der Waals surface area contributed by atoms with Crippen molar-refractivity contribution < 1.29 is 31.8 Å². The quantitative estimate of drug-likeness (QED) is 0.354. The molecule has 1 aromatic heterocycles. The van der Waals surface area contributed by atoms with Gasteiger partial charge in [0.1, 0.15) is 17.2 Å². The first-order valence-electron chi connectivity index (χ1n) is 9.27. The summed E-state index contributed by atoms with van der Waals surface area (Å²) in [6, 6.07) is 0.236. The van der Waals surface area contributed by atoms with Gasteiger partial charge in [0.2, 0.25) is 11.2 Å². The van der Waals surface area contributed by atoms with E-state index in [0.29, 0.717) is 19.0 Å². The summed E-state index contributed by atoms with van der Waals surface area (Å²) in [5.74, 6) is -1.52. The molecule has 0 unspecified atom stereocenters. The highest BCUT2D eigenvalue weighted by Gasteiger charge is 2.39. The number of carbonyl (C=O) groups is 1. The largest absolute Gasteiger partial charge is 0.472 e. The molecule has 1 amide bonds. The number of amides is 1. The van der Waals surface area contributed by atoms with Crippen molar-refractivity contribution >= 4 is 44.5 Å². The highest BCUT2D eigenvalue weighted by atomic mass is 79.9. The van der Waals surface area contributed by atoms with Crippen LogP contribution in [0.15, 0.2) is 10.5 Å². The van der Waals surface area contributed by atoms with Crippen LogP contribution < -0.4 is 4.74 Å². The average molecular weight is 529 g/mol. The van der Waals surface area contributed by atoms with Crippen LogP contribution in [0.25, 0.3) is 10.9 Å². The van der Waals surface area contributed by atoms with Gasteiger partial charge in [0.15, 0.2) is 5.82 Å². The SMILES string of the molecule is C[C@H]1[C@@H](Oc2nc(Cl)nc3c(F)c(Br)c(C(F)(F)F)cc23)CCN1C(=O)OC(C)(C)C. The summed E-state index contributed by atoms with van der Waals surface area (Å²) >= 11 is 8.49. The van der Waals surface area contributed by atoms with Gasteiger partial charge in [-0.2, -0.15) is 18.2 Å². The first-order valence-corrected chi connectivity index (χ1v) is 10.4. The van der Waals surface area contributed by atoms with E-state index in [2.05, 4.69) is 25.9 Å². The Morgan fingerprint density at radius 1 is 1.29 bits per heavy atom. The van der Waals surface area contributed by atoms with E-state index in [9.17, 15) is 22.4 Å². The van der Waals surface area contributed by atoms with E-state index in [-0.39, 0.29) is 16.5 Å². The molecule has 3 rings (SSSR count). The molecule has 1 aromatic carbocycles. The summed E-state index contributed by atoms with van der Waals surface area (Å²) in [6.07, 6.45) is -5.61. The van der Waals surface area contributed by atoms with Crippen molar-refractivity contribution in [3.8, 4) is 5.88 Å². The van der Waals surface area contributed by atoms with Gasteiger partial charge in [-0.3, -0.25) is 0 Å². The number of alkyl halides is 3. The van der Waals surface area contributed by atoms with Crippen LogP contribution in [0.2, 0.25) is 5.28 Å². The van der Waals surface area contributed by atoms with Crippen molar-refractivity contribution in [2.45, 2.75) is 58.0 Å². The second-order valence-corrected chi connectivity index (χ2v) is 9.23. The van der Waals surface area contributed by atoms with Crippen LogP contribution >= 0.6 is 27.5 Å². The highest BCUT2D eigenvalue weighted by molar-refractivity contribution is 9.10. The number of halogens is 6. The maximum absolute atomic E-state index is 14.6. The van der Waals surface area contributed by atoms with Gasteiger partial charge in [-0.15, -0.1) is 0 Å². The van der Waals surface area contributed by atoms with Gasteiger partial charge in [0, 0.05) is 13.0 Å². The monoisotopic (exact) mass is 527 g/mol. The number of aromatic nitrogens is 2. The molecular weight excluding hydrogens is 510 g/mol. The van der Waals surface area contributed by atoms with E-state index in [1.165, 1.54) is 4.90 Å². The molecule has 1 fully saturated rings. The molecule has 12 heteroatoms. The lowest BCUT2D eigenvalue weighted by Gasteiger charge is -2.28. The Morgan fingerprint density at radius 2 is 1.94 bits per heavy atom. The van der Waals surface area contributed by atoms with Crippen LogP contribution in [0.3, 0.4) is 0 Å². The van der Waals surface area contributed by atoms with Crippen molar-refractivity contribution in [3.63, 3.8) is 0 Å². The predicted octanol–water partition coefficient (Wildman–Crippen LogP) is 5.98. The zero-order valence-corrected chi connectivity index (χ0v) is 19.3. The Morgan fingerprint density at radius 3 is 2.52 bits per heavy atom. The van der Waals surface area contributed by atoms with E-state index < -0.39 is 51.4 Å². The van der Waals surface area contributed by atoms with Crippen LogP contribution in [-0.2, 0) is 10.9 Å². The molecule has 0 N–H and O–H groups in total. The van der Waals surface area contributed by atoms with E-state index in [0.717, 1.165) is 0 Å². The second kappa shape index (κ2) is 8.23. The molecule has 0 saturated carbocycles. The molecule has 1 aliphatic rings. The van der Waals surface area contributed by atoms with Crippen LogP contribution in [0, 0.1) is 5.82 Å². The molecule has 0 bridgehead atoms. The fourth-order valence-corrected chi connectivity index (χ4v) is 3.93. The molecular formula is C19H19BrClF4N3O3. The smallest absolute Gasteiger partial charge is 0.417 e. The van der Waals surface area contributed by atoms with Crippen molar-refractivity contribution in [1.82, 2.24) is 14.9 Å². The summed E-state index contributed by atoms with van der Waals surface area (Å²) in [5, 5.41) is -0.664. The molecule has 2 atom stereocenters. The van der Waals surface area contributed by atoms with Crippen LogP contribution in [0.5, 0.6) is 5.88 Å². The Balaban J connectivity index is 1.97. The maximum atomic E-state index is 14.6. The number of likely N-dealkylation sites (tertiary alicyclic amines) is 1. The zero-order valence-electron chi connectivity index (χ0n) is 17.0. The molecule has 170 valence electrons. The van der Waals surface area contributed by atoms with E-state index in [4.69, 9.17) is 21.1 Å². The Bertz CT molecular complexity index is 1030. The van der Waals surface area contributed by atoms with Gasteiger partial charge >= 0.3 is 12.3 Å². The summed E-state index contributed by atoms with van der Waals surface area (Å²) in [5.41, 5.74) is -2.34. The number of carbonyl (C=O) groups excluding carboxylic acids is 1. The Labute approximate surface area is 189 Å². The number of fused-ring (bicyclic) bond motifs is 1. The number of nitrogens with zero attached hydrogens (tertiary/aromatic N) is 3. The number of ether oxygens (including phenoxy) is 2. The lowest BCUT2D eigenvalue weighted by molar-refractivity contribution is -0.138. The third-order valence-corrected chi connectivity index (χ3v) is 5.63.